The third-order valence-corrected chi connectivity index (χ3v) is 4.81. The maximum absolute atomic E-state index is 6.01. The minimum absolute atomic E-state index is 0.123. The molecular weight excluding hydrogens is 314 g/mol. The average molecular weight is 332 g/mol. The Hall–Kier alpha value is -0.200. The lowest BCUT2D eigenvalue weighted by atomic mass is 10.1. The molecule has 1 aromatic rings. The van der Waals surface area contributed by atoms with E-state index < -0.39 is 0 Å². The molecule has 1 atom stereocenters. The van der Waals surface area contributed by atoms with E-state index in [1.54, 1.807) is 0 Å². The van der Waals surface area contributed by atoms with Gasteiger partial charge in [0, 0.05) is 35.9 Å². The van der Waals surface area contributed by atoms with E-state index in [0.29, 0.717) is 5.92 Å². The highest BCUT2D eigenvalue weighted by Crippen LogP contribution is 2.40. The number of halogens is 1. The molecule has 0 N–H and O–H groups in total. The summed E-state index contributed by atoms with van der Waals surface area (Å²) in [5.41, 5.74) is -0.123. The zero-order valence-electron chi connectivity index (χ0n) is 10.7. The fourth-order valence-corrected chi connectivity index (χ4v) is 3.47. The van der Waals surface area contributed by atoms with Crippen molar-refractivity contribution in [2.75, 3.05) is 23.3 Å². The molecule has 1 unspecified atom stereocenters. The Labute approximate surface area is 120 Å². The summed E-state index contributed by atoms with van der Waals surface area (Å²) in [7, 11) is 0. The molecule has 0 amide bonds. The Morgan fingerprint density at radius 3 is 2.94 bits per heavy atom. The van der Waals surface area contributed by atoms with Crippen LogP contribution in [-0.4, -0.2) is 39.5 Å². The van der Waals surface area contributed by atoms with Crippen molar-refractivity contribution in [3.63, 3.8) is 0 Å². The molecule has 0 radical (unpaired) electrons. The Morgan fingerprint density at radius 2 is 2.28 bits per heavy atom. The topological polar surface area (TPSA) is 38.2 Å². The number of alkyl halides is 1. The highest BCUT2D eigenvalue weighted by molar-refractivity contribution is 9.09. The fraction of sp³-hybridized carbons (Fsp3) is 0.833. The van der Waals surface area contributed by atoms with Gasteiger partial charge in [-0.1, -0.05) is 15.9 Å². The van der Waals surface area contributed by atoms with Crippen molar-refractivity contribution in [1.82, 2.24) is 9.36 Å². The average Bonchev–Trinajstić information content (AvgIpc) is 3.05. The van der Waals surface area contributed by atoms with Crippen LogP contribution < -0.4 is 4.90 Å². The van der Waals surface area contributed by atoms with Crippen molar-refractivity contribution in [1.29, 1.82) is 0 Å². The molecule has 1 saturated heterocycles. The van der Waals surface area contributed by atoms with Crippen molar-refractivity contribution >= 4 is 32.6 Å². The lowest BCUT2D eigenvalue weighted by Gasteiger charge is -2.42. The van der Waals surface area contributed by atoms with E-state index >= 15 is 0 Å². The highest BCUT2D eigenvalue weighted by Gasteiger charge is 2.35. The van der Waals surface area contributed by atoms with E-state index in [-0.39, 0.29) is 11.7 Å². The molecule has 4 nitrogen and oxygen atoms in total. The van der Waals surface area contributed by atoms with E-state index in [0.717, 1.165) is 29.4 Å². The molecule has 0 spiro atoms. The molecule has 1 aliphatic carbocycles. The van der Waals surface area contributed by atoms with E-state index in [9.17, 15) is 0 Å². The van der Waals surface area contributed by atoms with Crippen LogP contribution in [0, 0.1) is 0 Å². The van der Waals surface area contributed by atoms with Crippen LogP contribution in [0.15, 0.2) is 0 Å². The Morgan fingerprint density at radius 1 is 1.50 bits per heavy atom. The van der Waals surface area contributed by atoms with Crippen molar-refractivity contribution < 1.29 is 4.74 Å². The number of anilines is 1. The van der Waals surface area contributed by atoms with Gasteiger partial charge < -0.3 is 9.64 Å². The first-order chi connectivity index (χ1) is 8.57. The van der Waals surface area contributed by atoms with Gasteiger partial charge in [0.15, 0.2) is 0 Å². The third kappa shape index (κ3) is 2.70. The second kappa shape index (κ2) is 4.72. The first-order valence-corrected chi connectivity index (χ1v) is 8.29. The molecule has 0 bridgehead atoms. The van der Waals surface area contributed by atoms with Gasteiger partial charge in [-0.25, -0.2) is 4.98 Å². The molecule has 2 aliphatic rings. The van der Waals surface area contributed by atoms with Gasteiger partial charge in [-0.2, -0.15) is 4.37 Å². The van der Waals surface area contributed by atoms with Gasteiger partial charge in [-0.3, -0.25) is 0 Å². The van der Waals surface area contributed by atoms with Gasteiger partial charge in [0.25, 0.3) is 0 Å². The van der Waals surface area contributed by atoms with Crippen molar-refractivity contribution in [2.45, 2.75) is 44.3 Å². The van der Waals surface area contributed by atoms with Crippen molar-refractivity contribution in [3.05, 3.63) is 5.82 Å². The Bertz CT molecular complexity index is 433. The molecule has 3 rings (SSSR count). The van der Waals surface area contributed by atoms with E-state index in [2.05, 4.69) is 39.1 Å². The number of ether oxygens (including phenoxy) is 1. The zero-order chi connectivity index (χ0) is 12.8. The predicted molar refractivity (Wildman–Crippen MR) is 76.8 cm³/mol. The number of aromatic nitrogens is 2. The molecule has 0 aromatic carbocycles. The molecule has 1 aromatic heterocycles. The lowest BCUT2D eigenvalue weighted by molar-refractivity contribution is -0.0724. The summed E-state index contributed by atoms with van der Waals surface area (Å²) in [6.07, 6.45) is 2.74. The van der Waals surface area contributed by atoms with Gasteiger partial charge in [-0.05, 0) is 26.7 Å². The van der Waals surface area contributed by atoms with Crippen LogP contribution in [0.3, 0.4) is 0 Å². The standard InChI is InChI=1S/C12H18BrN3OS/c1-12(2)7-16(6-9(5-13)17-12)11-14-10(15-18-11)8-3-4-8/h8-9H,3-7H2,1-2H3. The molecule has 2 fully saturated rings. The summed E-state index contributed by atoms with van der Waals surface area (Å²) < 4.78 is 10.5. The largest absolute Gasteiger partial charge is 0.368 e. The normalized spacial score (nSPS) is 27.5. The second-order valence-corrected chi connectivity index (χ2v) is 7.12. The van der Waals surface area contributed by atoms with Crippen LogP contribution in [0.4, 0.5) is 5.13 Å². The molecule has 1 saturated carbocycles. The Kier molecular flexibility index (Phi) is 3.36. The van der Waals surface area contributed by atoms with Gasteiger partial charge in [0.05, 0.1) is 11.7 Å². The smallest absolute Gasteiger partial charge is 0.205 e. The summed E-state index contributed by atoms with van der Waals surface area (Å²) in [4.78, 5) is 7.01. The van der Waals surface area contributed by atoms with Crippen LogP contribution in [-0.2, 0) is 4.74 Å². The highest BCUT2D eigenvalue weighted by atomic mass is 79.9. The van der Waals surface area contributed by atoms with E-state index in [1.165, 1.54) is 24.4 Å². The number of rotatable bonds is 3. The summed E-state index contributed by atoms with van der Waals surface area (Å²) in [6, 6.07) is 0. The fourth-order valence-electron chi connectivity index (χ4n) is 2.38. The van der Waals surface area contributed by atoms with Gasteiger partial charge in [0.2, 0.25) is 5.13 Å². The van der Waals surface area contributed by atoms with Crippen LogP contribution >= 0.6 is 27.5 Å². The molecule has 18 heavy (non-hydrogen) atoms. The van der Waals surface area contributed by atoms with Gasteiger partial charge >= 0.3 is 0 Å². The number of nitrogens with zero attached hydrogens (tertiary/aromatic N) is 3. The predicted octanol–water partition coefficient (Wildman–Crippen LogP) is 2.79. The second-order valence-electron chi connectivity index (χ2n) is 5.74. The first kappa shape index (κ1) is 12.8. The van der Waals surface area contributed by atoms with Crippen molar-refractivity contribution in [3.8, 4) is 0 Å². The lowest BCUT2D eigenvalue weighted by Crippen LogP contribution is -2.53. The van der Waals surface area contributed by atoms with Crippen LogP contribution in [0.25, 0.3) is 0 Å². The minimum Gasteiger partial charge on any atom is -0.368 e. The number of morpholine rings is 1. The summed E-state index contributed by atoms with van der Waals surface area (Å²) in [5, 5.41) is 1.92. The minimum atomic E-state index is -0.123. The number of hydrogen-bond acceptors (Lipinski definition) is 5. The summed E-state index contributed by atoms with van der Waals surface area (Å²) >= 11 is 5.05. The quantitative estimate of drug-likeness (QED) is 0.798. The summed E-state index contributed by atoms with van der Waals surface area (Å²) in [5.74, 6) is 1.69. The molecule has 6 heteroatoms. The zero-order valence-corrected chi connectivity index (χ0v) is 13.1. The monoisotopic (exact) mass is 331 g/mol. The van der Waals surface area contributed by atoms with E-state index in [4.69, 9.17) is 9.72 Å². The SMILES string of the molecule is CC1(C)CN(c2nc(C3CC3)ns2)CC(CBr)O1. The van der Waals surface area contributed by atoms with Gasteiger partial charge in [0.1, 0.15) is 5.82 Å². The van der Waals surface area contributed by atoms with Crippen molar-refractivity contribution in [2.24, 2.45) is 0 Å². The maximum Gasteiger partial charge on any atom is 0.205 e. The first-order valence-electron chi connectivity index (χ1n) is 6.40. The van der Waals surface area contributed by atoms with Gasteiger partial charge in [-0.15, -0.1) is 0 Å². The Balaban J connectivity index is 1.76. The number of hydrogen-bond donors (Lipinski definition) is 0. The van der Waals surface area contributed by atoms with Crippen LogP contribution in [0.2, 0.25) is 0 Å². The van der Waals surface area contributed by atoms with Crippen LogP contribution in [0.5, 0.6) is 0 Å². The molecule has 100 valence electrons. The molecule has 2 heterocycles. The van der Waals surface area contributed by atoms with Crippen LogP contribution in [0.1, 0.15) is 38.4 Å². The third-order valence-electron chi connectivity index (χ3n) is 3.30. The molecular formula is C12H18BrN3OS. The van der Waals surface area contributed by atoms with E-state index in [1.807, 2.05) is 0 Å². The maximum atomic E-state index is 6.01. The summed E-state index contributed by atoms with van der Waals surface area (Å²) in [6.45, 7) is 6.05. The molecule has 1 aliphatic heterocycles.